The van der Waals surface area contributed by atoms with Crippen LogP contribution in [0.15, 0.2) is 16.7 Å². The van der Waals surface area contributed by atoms with E-state index >= 15 is 0 Å². The average Bonchev–Trinajstić information content (AvgIpc) is 2.34. The largest absolute Gasteiger partial charge is 0.469 e. The average molecular weight is 181 g/mol. The maximum Gasteiger partial charge on any atom is 0.143 e. The van der Waals surface area contributed by atoms with Gasteiger partial charge in [0.2, 0.25) is 0 Å². The number of aryl methyl sites for hydroxylation is 1. The highest BCUT2D eigenvalue weighted by molar-refractivity contribution is 5.77. The number of nitrogens with zero attached hydrogens (tertiary/aromatic N) is 1. The summed E-state index contributed by atoms with van der Waals surface area (Å²) < 4.78 is 5.16. The zero-order chi connectivity index (χ0) is 9.84. The first kappa shape index (κ1) is 9.99. The molecule has 0 atom stereocenters. The third-order valence-electron chi connectivity index (χ3n) is 1.90. The third-order valence-corrected chi connectivity index (χ3v) is 1.90. The lowest BCUT2D eigenvalue weighted by molar-refractivity contribution is -0.117. The fourth-order valence-electron chi connectivity index (χ4n) is 1.30. The Kier molecular flexibility index (Phi) is 3.25. The molecule has 13 heavy (non-hydrogen) atoms. The van der Waals surface area contributed by atoms with Crippen LogP contribution in [0.1, 0.15) is 18.2 Å². The Balaban J connectivity index is 2.49. The van der Waals surface area contributed by atoms with Crippen LogP contribution in [0.4, 0.5) is 0 Å². The molecule has 0 spiro atoms. The Labute approximate surface area is 78.3 Å². The van der Waals surface area contributed by atoms with Crippen LogP contribution in [0.3, 0.4) is 0 Å². The van der Waals surface area contributed by atoms with Gasteiger partial charge >= 0.3 is 0 Å². The number of likely N-dealkylation sites (N-methyl/N-ethyl adjacent to an activating group) is 1. The summed E-state index contributed by atoms with van der Waals surface area (Å²) in [5.74, 6) is 1.11. The number of hydrogen-bond acceptors (Lipinski definition) is 3. The van der Waals surface area contributed by atoms with Gasteiger partial charge in [-0.3, -0.25) is 9.69 Å². The quantitative estimate of drug-likeness (QED) is 0.707. The van der Waals surface area contributed by atoms with E-state index < -0.39 is 0 Å². The molecule has 0 aliphatic carbocycles. The molecule has 0 aliphatic rings. The molecule has 1 heterocycles. The van der Waals surface area contributed by atoms with Crippen molar-refractivity contribution in [1.29, 1.82) is 0 Å². The van der Waals surface area contributed by atoms with Crippen molar-refractivity contribution >= 4 is 5.78 Å². The molecular formula is C10H15NO2. The molecule has 1 rings (SSSR count). The number of rotatable bonds is 4. The first-order chi connectivity index (χ1) is 6.09. The van der Waals surface area contributed by atoms with Crippen LogP contribution in [0.25, 0.3) is 0 Å². The SMILES string of the molecule is CC(=O)CN(C)Cc1ccoc1C. The maximum absolute atomic E-state index is 10.8. The standard InChI is InChI=1S/C10H15NO2/c1-8(12)6-11(3)7-10-4-5-13-9(10)2/h4-5H,6-7H2,1-3H3. The maximum atomic E-state index is 10.8. The van der Waals surface area contributed by atoms with Crippen LogP contribution in [-0.2, 0) is 11.3 Å². The number of hydrogen-bond donors (Lipinski definition) is 0. The van der Waals surface area contributed by atoms with Crippen LogP contribution in [0.5, 0.6) is 0 Å². The van der Waals surface area contributed by atoms with Gasteiger partial charge in [-0.05, 0) is 27.0 Å². The Bertz CT molecular complexity index is 291. The molecule has 72 valence electrons. The van der Waals surface area contributed by atoms with Crippen molar-refractivity contribution in [1.82, 2.24) is 4.90 Å². The Hall–Kier alpha value is -1.09. The van der Waals surface area contributed by atoms with Gasteiger partial charge in [-0.25, -0.2) is 0 Å². The van der Waals surface area contributed by atoms with E-state index in [2.05, 4.69) is 0 Å². The predicted molar refractivity (Wildman–Crippen MR) is 50.5 cm³/mol. The summed E-state index contributed by atoms with van der Waals surface area (Å²) in [6.07, 6.45) is 1.67. The monoisotopic (exact) mass is 181 g/mol. The molecule has 0 unspecified atom stereocenters. The minimum Gasteiger partial charge on any atom is -0.469 e. The van der Waals surface area contributed by atoms with Crippen molar-refractivity contribution < 1.29 is 9.21 Å². The molecule has 3 nitrogen and oxygen atoms in total. The van der Waals surface area contributed by atoms with Gasteiger partial charge in [-0.1, -0.05) is 0 Å². The van der Waals surface area contributed by atoms with Gasteiger partial charge < -0.3 is 4.42 Å². The van der Waals surface area contributed by atoms with Gasteiger partial charge in [0.1, 0.15) is 11.5 Å². The summed E-state index contributed by atoms with van der Waals surface area (Å²) in [5.41, 5.74) is 1.14. The molecular weight excluding hydrogens is 166 g/mol. The van der Waals surface area contributed by atoms with Crippen LogP contribution < -0.4 is 0 Å². The first-order valence-electron chi connectivity index (χ1n) is 4.30. The molecule has 3 heteroatoms. The second-order valence-electron chi connectivity index (χ2n) is 3.38. The number of carbonyl (C=O) groups is 1. The minimum absolute atomic E-state index is 0.184. The van der Waals surface area contributed by atoms with E-state index in [1.807, 2.05) is 24.9 Å². The summed E-state index contributed by atoms with van der Waals surface area (Å²) in [7, 11) is 1.92. The van der Waals surface area contributed by atoms with Crippen molar-refractivity contribution in [3.63, 3.8) is 0 Å². The van der Waals surface area contributed by atoms with E-state index in [1.54, 1.807) is 13.2 Å². The number of furan rings is 1. The Morgan fingerprint density at radius 3 is 2.77 bits per heavy atom. The summed E-state index contributed by atoms with van der Waals surface area (Å²) in [4.78, 5) is 12.8. The fraction of sp³-hybridized carbons (Fsp3) is 0.500. The number of ketones is 1. The second kappa shape index (κ2) is 4.23. The molecule has 0 saturated carbocycles. The van der Waals surface area contributed by atoms with Gasteiger partial charge in [-0.15, -0.1) is 0 Å². The smallest absolute Gasteiger partial charge is 0.143 e. The zero-order valence-corrected chi connectivity index (χ0v) is 8.33. The van der Waals surface area contributed by atoms with Crippen LogP contribution >= 0.6 is 0 Å². The highest BCUT2D eigenvalue weighted by atomic mass is 16.3. The van der Waals surface area contributed by atoms with Crippen LogP contribution in [0.2, 0.25) is 0 Å². The summed E-state index contributed by atoms with van der Waals surface area (Å²) in [5, 5.41) is 0. The highest BCUT2D eigenvalue weighted by Gasteiger charge is 2.06. The Morgan fingerprint density at radius 2 is 2.31 bits per heavy atom. The zero-order valence-electron chi connectivity index (χ0n) is 8.33. The van der Waals surface area contributed by atoms with E-state index in [9.17, 15) is 4.79 Å². The molecule has 0 radical (unpaired) electrons. The second-order valence-corrected chi connectivity index (χ2v) is 3.38. The van der Waals surface area contributed by atoms with Crippen molar-refractivity contribution in [2.75, 3.05) is 13.6 Å². The first-order valence-corrected chi connectivity index (χ1v) is 4.30. The predicted octanol–water partition coefficient (Wildman–Crippen LogP) is 1.61. The summed E-state index contributed by atoms with van der Waals surface area (Å²) in [6.45, 7) is 4.78. The van der Waals surface area contributed by atoms with Crippen molar-refractivity contribution in [2.45, 2.75) is 20.4 Å². The lowest BCUT2D eigenvalue weighted by Gasteiger charge is -2.13. The minimum atomic E-state index is 0.184. The van der Waals surface area contributed by atoms with E-state index in [1.165, 1.54) is 0 Å². The molecule has 1 aromatic heterocycles. The lowest BCUT2D eigenvalue weighted by Crippen LogP contribution is -2.23. The highest BCUT2D eigenvalue weighted by Crippen LogP contribution is 2.10. The Morgan fingerprint density at radius 1 is 1.62 bits per heavy atom. The van der Waals surface area contributed by atoms with Gasteiger partial charge in [0.05, 0.1) is 12.8 Å². The number of carbonyl (C=O) groups excluding carboxylic acids is 1. The van der Waals surface area contributed by atoms with Crippen molar-refractivity contribution in [3.05, 3.63) is 23.7 Å². The van der Waals surface area contributed by atoms with E-state index in [4.69, 9.17) is 4.42 Å². The molecule has 0 N–H and O–H groups in total. The molecule has 1 aromatic rings. The molecule has 0 bridgehead atoms. The van der Waals surface area contributed by atoms with Crippen LogP contribution in [-0.4, -0.2) is 24.3 Å². The van der Waals surface area contributed by atoms with Gasteiger partial charge in [0.15, 0.2) is 0 Å². The molecule has 0 saturated heterocycles. The molecule has 0 amide bonds. The van der Waals surface area contributed by atoms with E-state index in [0.717, 1.165) is 17.9 Å². The molecule has 0 fully saturated rings. The summed E-state index contributed by atoms with van der Waals surface area (Å²) in [6, 6.07) is 1.94. The van der Waals surface area contributed by atoms with Crippen molar-refractivity contribution in [3.8, 4) is 0 Å². The van der Waals surface area contributed by atoms with E-state index in [-0.39, 0.29) is 5.78 Å². The van der Waals surface area contributed by atoms with Gasteiger partial charge in [0.25, 0.3) is 0 Å². The van der Waals surface area contributed by atoms with Crippen molar-refractivity contribution in [2.24, 2.45) is 0 Å². The van der Waals surface area contributed by atoms with Gasteiger partial charge in [0, 0.05) is 12.1 Å². The third kappa shape index (κ3) is 3.03. The summed E-state index contributed by atoms with van der Waals surface area (Å²) >= 11 is 0. The topological polar surface area (TPSA) is 33.5 Å². The fourth-order valence-corrected chi connectivity index (χ4v) is 1.30. The molecule has 0 aromatic carbocycles. The van der Waals surface area contributed by atoms with E-state index in [0.29, 0.717) is 6.54 Å². The number of Topliss-reactive ketones (excluding diaryl/α,β-unsaturated/α-hetero) is 1. The van der Waals surface area contributed by atoms with Crippen LogP contribution in [0, 0.1) is 6.92 Å². The normalized spacial score (nSPS) is 10.8. The van der Waals surface area contributed by atoms with Gasteiger partial charge in [-0.2, -0.15) is 0 Å². The lowest BCUT2D eigenvalue weighted by atomic mass is 10.2. The molecule has 0 aliphatic heterocycles.